The van der Waals surface area contributed by atoms with Crippen molar-refractivity contribution in [2.24, 2.45) is 0 Å². The SMILES string of the molecule is CNC(=O)CCN(C)C(=O)c1cc2cc(N)ccc2s1. The molecule has 0 unspecified atom stereocenters. The number of carbonyl (C=O) groups is 2. The lowest BCUT2D eigenvalue weighted by Crippen LogP contribution is -2.30. The maximum absolute atomic E-state index is 12.3. The Labute approximate surface area is 121 Å². The van der Waals surface area contributed by atoms with Crippen molar-refractivity contribution >= 4 is 38.9 Å². The minimum atomic E-state index is -0.0753. The van der Waals surface area contributed by atoms with Gasteiger partial charge >= 0.3 is 0 Å². The van der Waals surface area contributed by atoms with Gasteiger partial charge in [-0.1, -0.05) is 0 Å². The summed E-state index contributed by atoms with van der Waals surface area (Å²) in [6, 6.07) is 7.43. The Hall–Kier alpha value is -2.08. The predicted octanol–water partition coefficient (Wildman–Crippen LogP) is 1.69. The minimum Gasteiger partial charge on any atom is -0.399 e. The van der Waals surface area contributed by atoms with Crippen molar-refractivity contribution in [2.45, 2.75) is 6.42 Å². The molecule has 20 heavy (non-hydrogen) atoms. The molecule has 1 aromatic carbocycles. The number of hydrogen-bond acceptors (Lipinski definition) is 4. The molecule has 0 atom stereocenters. The molecule has 0 spiro atoms. The number of thiophene rings is 1. The van der Waals surface area contributed by atoms with Gasteiger partial charge in [-0.25, -0.2) is 0 Å². The number of carbonyl (C=O) groups excluding carboxylic acids is 2. The van der Waals surface area contributed by atoms with Crippen LogP contribution in [0, 0.1) is 0 Å². The van der Waals surface area contributed by atoms with Gasteiger partial charge in [-0.15, -0.1) is 11.3 Å². The second kappa shape index (κ2) is 5.92. The summed E-state index contributed by atoms with van der Waals surface area (Å²) < 4.78 is 1.03. The lowest BCUT2D eigenvalue weighted by Gasteiger charge is -2.15. The first-order valence-corrected chi connectivity index (χ1v) is 7.08. The highest BCUT2D eigenvalue weighted by Gasteiger charge is 2.15. The summed E-state index contributed by atoms with van der Waals surface area (Å²) in [5.41, 5.74) is 6.41. The number of benzene rings is 1. The molecule has 5 nitrogen and oxygen atoms in total. The third kappa shape index (κ3) is 3.08. The molecule has 2 rings (SSSR count). The van der Waals surface area contributed by atoms with Crippen LogP contribution >= 0.6 is 11.3 Å². The van der Waals surface area contributed by atoms with Crippen LogP contribution in [0.1, 0.15) is 16.1 Å². The molecule has 2 aromatic rings. The molecule has 0 aliphatic rings. The standard InChI is InChI=1S/C14H17N3O2S/c1-16-13(18)5-6-17(2)14(19)12-8-9-7-10(15)3-4-11(9)20-12/h3-4,7-8H,5-6,15H2,1-2H3,(H,16,18). The zero-order chi connectivity index (χ0) is 14.7. The number of amides is 2. The molecule has 0 fully saturated rings. The molecular weight excluding hydrogens is 274 g/mol. The van der Waals surface area contributed by atoms with Gasteiger partial charge in [-0.05, 0) is 29.7 Å². The number of anilines is 1. The van der Waals surface area contributed by atoms with Crippen molar-refractivity contribution < 1.29 is 9.59 Å². The van der Waals surface area contributed by atoms with E-state index in [1.807, 2.05) is 24.3 Å². The Morgan fingerprint density at radius 1 is 1.35 bits per heavy atom. The molecule has 0 saturated carbocycles. The third-order valence-electron chi connectivity index (χ3n) is 3.05. The third-order valence-corrected chi connectivity index (χ3v) is 4.16. The van der Waals surface area contributed by atoms with Gasteiger partial charge in [0.1, 0.15) is 0 Å². The molecule has 0 saturated heterocycles. The van der Waals surface area contributed by atoms with Crippen LogP contribution in [-0.4, -0.2) is 37.4 Å². The van der Waals surface area contributed by atoms with Gasteiger partial charge < -0.3 is 16.0 Å². The zero-order valence-electron chi connectivity index (χ0n) is 11.5. The molecule has 2 amide bonds. The molecule has 6 heteroatoms. The summed E-state index contributed by atoms with van der Waals surface area (Å²) in [7, 11) is 3.28. The van der Waals surface area contributed by atoms with E-state index in [1.54, 1.807) is 19.0 Å². The number of nitrogens with two attached hydrogens (primary N) is 1. The molecule has 3 N–H and O–H groups in total. The number of nitrogen functional groups attached to an aromatic ring is 1. The highest BCUT2D eigenvalue weighted by Crippen LogP contribution is 2.28. The van der Waals surface area contributed by atoms with E-state index in [0.717, 1.165) is 10.1 Å². The van der Waals surface area contributed by atoms with Gasteiger partial charge in [-0.3, -0.25) is 9.59 Å². The molecule has 106 valence electrons. The first kappa shape index (κ1) is 14.3. The number of nitrogens with zero attached hydrogens (tertiary/aromatic N) is 1. The van der Waals surface area contributed by atoms with Crippen molar-refractivity contribution in [3.05, 3.63) is 29.1 Å². The quantitative estimate of drug-likeness (QED) is 0.842. The first-order valence-electron chi connectivity index (χ1n) is 6.26. The fourth-order valence-electron chi connectivity index (χ4n) is 1.85. The predicted molar refractivity (Wildman–Crippen MR) is 81.9 cm³/mol. The normalized spacial score (nSPS) is 10.5. The van der Waals surface area contributed by atoms with Crippen LogP contribution < -0.4 is 11.1 Å². The topological polar surface area (TPSA) is 75.4 Å². The zero-order valence-corrected chi connectivity index (χ0v) is 12.3. The highest BCUT2D eigenvalue weighted by molar-refractivity contribution is 7.20. The summed E-state index contributed by atoms with van der Waals surface area (Å²) in [5.74, 6) is -0.151. The molecule has 0 radical (unpaired) electrons. The number of hydrogen-bond donors (Lipinski definition) is 2. The molecule has 0 bridgehead atoms. The number of fused-ring (bicyclic) bond motifs is 1. The summed E-state index contributed by atoms with van der Waals surface area (Å²) in [5, 5.41) is 3.51. The van der Waals surface area contributed by atoms with E-state index in [1.165, 1.54) is 11.3 Å². The largest absolute Gasteiger partial charge is 0.399 e. The summed E-state index contributed by atoms with van der Waals surface area (Å²) >= 11 is 1.44. The van der Waals surface area contributed by atoms with Crippen LogP contribution in [0.4, 0.5) is 5.69 Å². The van der Waals surface area contributed by atoms with Crippen molar-refractivity contribution in [3.8, 4) is 0 Å². The average molecular weight is 291 g/mol. The van der Waals surface area contributed by atoms with Gasteiger partial charge in [0.05, 0.1) is 4.88 Å². The van der Waals surface area contributed by atoms with Crippen molar-refractivity contribution in [1.29, 1.82) is 0 Å². The number of nitrogens with one attached hydrogen (secondary N) is 1. The van der Waals surface area contributed by atoms with Crippen LogP contribution in [0.3, 0.4) is 0 Å². The monoisotopic (exact) mass is 291 g/mol. The Morgan fingerprint density at radius 2 is 2.10 bits per heavy atom. The van der Waals surface area contributed by atoms with Crippen molar-refractivity contribution in [1.82, 2.24) is 10.2 Å². The van der Waals surface area contributed by atoms with Crippen LogP contribution in [0.15, 0.2) is 24.3 Å². The van der Waals surface area contributed by atoms with Gasteiger partial charge in [0.2, 0.25) is 5.91 Å². The van der Waals surface area contributed by atoms with Gasteiger partial charge in [-0.2, -0.15) is 0 Å². The summed E-state index contributed by atoms with van der Waals surface area (Å²) in [4.78, 5) is 25.7. The van der Waals surface area contributed by atoms with Crippen LogP contribution in [-0.2, 0) is 4.79 Å². The van der Waals surface area contributed by atoms with E-state index in [9.17, 15) is 9.59 Å². The van der Waals surface area contributed by atoms with E-state index in [0.29, 0.717) is 23.5 Å². The van der Waals surface area contributed by atoms with E-state index < -0.39 is 0 Å². The van der Waals surface area contributed by atoms with Crippen LogP contribution in [0.25, 0.3) is 10.1 Å². The van der Waals surface area contributed by atoms with E-state index in [2.05, 4.69) is 5.32 Å². The van der Waals surface area contributed by atoms with E-state index in [4.69, 9.17) is 5.73 Å². The molecule has 1 heterocycles. The lowest BCUT2D eigenvalue weighted by molar-refractivity contribution is -0.120. The molecule has 1 aromatic heterocycles. The minimum absolute atomic E-state index is 0.0752. The van der Waals surface area contributed by atoms with Gasteiger partial charge in [0, 0.05) is 37.4 Å². The Kier molecular flexibility index (Phi) is 4.24. The fourth-order valence-corrected chi connectivity index (χ4v) is 2.89. The van der Waals surface area contributed by atoms with E-state index >= 15 is 0 Å². The second-order valence-corrected chi connectivity index (χ2v) is 5.64. The first-order chi connectivity index (χ1) is 9.51. The van der Waals surface area contributed by atoms with Gasteiger partial charge in [0.25, 0.3) is 5.91 Å². The number of rotatable bonds is 4. The second-order valence-electron chi connectivity index (χ2n) is 4.56. The Balaban J connectivity index is 2.12. The average Bonchev–Trinajstić information content (AvgIpc) is 2.86. The molecular formula is C14H17N3O2S. The maximum Gasteiger partial charge on any atom is 0.263 e. The summed E-state index contributed by atoms with van der Waals surface area (Å²) in [6.07, 6.45) is 0.302. The highest BCUT2D eigenvalue weighted by atomic mass is 32.1. The van der Waals surface area contributed by atoms with Gasteiger partial charge in [0.15, 0.2) is 0 Å². The lowest BCUT2D eigenvalue weighted by atomic mass is 10.2. The van der Waals surface area contributed by atoms with E-state index in [-0.39, 0.29) is 11.8 Å². The van der Waals surface area contributed by atoms with Crippen LogP contribution in [0.2, 0.25) is 0 Å². The van der Waals surface area contributed by atoms with Crippen molar-refractivity contribution in [3.63, 3.8) is 0 Å². The van der Waals surface area contributed by atoms with Crippen LogP contribution in [0.5, 0.6) is 0 Å². The van der Waals surface area contributed by atoms with Crippen molar-refractivity contribution in [2.75, 3.05) is 26.4 Å². The Bertz CT molecular complexity index is 651. The Morgan fingerprint density at radius 3 is 2.80 bits per heavy atom. The molecule has 0 aliphatic heterocycles. The maximum atomic E-state index is 12.3. The fraction of sp³-hybridized carbons (Fsp3) is 0.286. The smallest absolute Gasteiger partial charge is 0.263 e. The summed E-state index contributed by atoms with van der Waals surface area (Å²) in [6.45, 7) is 0.398. The molecule has 0 aliphatic carbocycles.